The van der Waals surface area contributed by atoms with Gasteiger partial charge in [0.05, 0.1) is 5.02 Å². The zero-order chi connectivity index (χ0) is 24.1. The van der Waals surface area contributed by atoms with Crippen molar-refractivity contribution in [3.63, 3.8) is 0 Å². The summed E-state index contributed by atoms with van der Waals surface area (Å²) < 4.78 is 5.73. The lowest BCUT2D eigenvalue weighted by molar-refractivity contribution is 0.398. The predicted octanol–water partition coefficient (Wildman–Crippen LogP) is 9.41. The average Bonchev–Trinajstić information content (AvgIpc) is 2.81. The number of unbranched alkanes of at least 4 members (excludes halogenated alkanes) is 12. The molecule has 4 nitrogen and oxygen atoms in total. The highest BCUT2D eigenvalue weighted by Gasteiger charge is 2.23. The topological polar surface area (TPSA) is 75.7 Å². The average molecular weight is 497 g/mol. The third-order valence-corrected chi connectivity index (χ3v) is 6.77. The molecule has 0 aliphatic heterocycles. The number of phenols is 2. The van der Waals surface area contributed by atoms with Crippen molar-refractivity contribution in [2.75, 3.05) is 5.73 Å². The molecule has 0 amide bonds. The molecule has 4 N–H and O–H groups in total. The number of rotatable bonds is 16. The Kier molecular flexibility index (Phi) is 12.6. The number of phenolic OH excluding ortho intramolecular Hbond substituents is 2. The molecule has 0 fully saturated rings. The number of aromatic hydroxyl groups is 2. The van der Waals surface area contributed by atoms with E-state index in [1.807, 2.05) is 0 Å². The first kappa shape index (κ1) is 27.5. The molecular weight excluding hydrogens is 457 g/mol. The number of halogens is 2. The lowest BCUT2D eigenvalue weighted by Gasteiger charge is -2.16. The minimum atomic E-state index is -0.272. The lowest BCUT2D eigenvalue weighted by Crippen LogP contribution is -1.95. The Morgan fingerprint density at radius 2 is 1.18 bits per heavy atom. The molecule has 2 aromatic rings. The van der Waals surface area contributed by atoms with Crippen molar-refractivity contribution < 1.29 is 14.9 Å². The molecule has 0 aliphatic carbocycles. The molecule has 2 rings (SSSR count). The number of nitrogens with two attached hydrogens (primary N) is 1. The smallest absolute Gasteiger partial charge is 0.191 e. The largest absolute Gasteiger partial charge is 0.505 e. The highest BCUT2D eigenvalue weighted by Crippen LogP contribution is 2.50. The molecule has 33 heavy (non-hydrogen) atoms. The van der Waals surface area contributed by atoms with Crippen LogP contribution in [0, 0.1) is 0 Å². The molecule has 0 spiro atoms. The Morgan fingerprint density at radius 3 is 1.70 bits per heavy atom. The second kappa shape index (κ2) is 15.2. The molecule has 0 bridgehead atoms. The van der Waals surface area contributed by atoms with Gasteiger partial charge in [-0.2, -0.15) is 0 Å². The van der Waals surface area contributed by atoms with E-state index in [4.69, 9.17) is 33.7 Å². The fraction of sp³-hybridized carbons (Fsp3) is 0.556. The van der Waals surface area contributed by atoms with E-state index in [2.05, 4.69) is 6.92 Å². The number of anilines is 1. The van der Waals surface area contributed by atoms with Gasteiger partial charge < -0.3 is 20.7 Å². The van der Waals surface area contributed by atoms with Crippen LogP contribution in [0.25, 0.3) is 0 Å². The molecule has 0 atom stereocenters. The fourth-order valence-electron chi connectivity index (χ4n) is 3.99. The summed E-state index contributed by atoms with van der Waals surface area (Å²) >= 11 is 12.5. The molecule has 184 valence electrons. The number of hydrogen-bond acceptors (Lipinski definition) is 4. The van der Waals surface area contributed by atoms with Crippen molar-refractivity contribution in [3.8, 4) is 23.0 Å². The van der Waals surface area contributed by atoms with E-state index in [-0.39, 0.29) is 27.3 Å². The van der Waals surface area contributed by atoms with E-state index in [1.54, 1.807) is 24.3 Å². The summed E-state index contributed by atoms with van der Waals surface area (Å²) in [7, 11) is 0. The second-order valence-electron chi connectivity index (χ2n) is 8.80. The van der Waals surface area contributed by atoms with E-state index in [0.29, 0.717) is 23.4 Å². The van der Waals surface area contributed by atoms with Crippen molar-refractivity contribution in [1.82, 2.24) is 0 Å². The van der Waals surface area contributed by atoms with Gasteiger partial charge in [-0.3, -0.25) is 0 Å². The van der Waals surface area contributed by atoms with Crippen molar-refractivity contribution in [2.24, 2.45) is 0 Å². The van der Waals surface area contributed by atoms with E-state index < -0.39 is 0 Å². The SMILES string of the molecule is CCCCCCCCCCCCCCCc1c(O)c(Oc2ccc(N)cc2)c(Cl)c(O)c1Cl. The normalized spacial score (nSPS) is 11.1. The Hall–Kier alpha value is -1.78. The van der Waals surface area contributed by atoms with Crippen LogP contribution in [0.3, 0.4) is 0 Å². The molecule has 0 heterocycles. The Morgan fingerprint density at radius 1 is 0.697 bits per heavy atom. The van der Waals surface area contributed by atoms with Crippen LogP contribution >= 0.6 is 23.2 Å². The minimum Gasteiger partial charge on any atom is -0.505 e. The lowest BCUT2D eigenvalue weighted by atomic mass is 10.0. The first-order chi connectivity index (χ1) is 16.0. The van der Waals surface area contributed by atoms with Crippen LogP contribution in [0.5, 0.6) is 23.0 Å². The predicted molar refractivity (Wildman–Crippen MR) is 140 cm³/mol. The maximum absolute atomic E-state index is 10.8. The van der Waals surface area contributed by atoms with Gasteiger partial charge in [0.15, 0.2) is 17.2 Å². The first-order valence-electron chi connectivity index (χ1n) is 12.4. The summed E-state index contributed by atoms with van der Waals surface area (Å²) in [5.41, 5.74) is 6.76. The van der Waals surface area contributed by atoms with Gasteiger partial charge in [-0.25, -0.2) is 0 Å². The molecule has 0 saturated heterocycles. The van der Waals surface area contributed by atoms with Gasteiger partial charge >= 0.3 is 0 Å². The summed E-state index contributed by atoms with van der Waals surface area (Å²) in [6.07, 6.45) is 17.0. The van der Waals surface area contributed by atoms with Crippen LogP contribution in [0.1, 0.15) is 96.0 Å². The quantitative estimate of drug-likeness (QED) is 0.123. The third kappa shape index (κ3) is 9.17. The summed E-state index contributed by atoms with van der Waals surface area (Å²) in [5, 5.41) is 21.1. The molecule has 6 heteroatoms. The van der Waals surface area contributed by atoms with Crippen LogP contribution in [-0.4, -0.2) is 10.2 Å². The molecule has 0 unspecified atom stereocenters. The molecule has 0 aromatic heterocycles. The third-order valence-electron chi connectivity index (χ3n) is 6.01. The zero-order valence-corrected chi connectivity index (χ0v) is 21.4. The Labute approximate surface area is 209 Å². The Bertz CT molecular complexity index is 840. The van der Waals surface area contributed by atoms with Crippen molar-refractivity contribution in [3.05, 3.63) is 39.9 Å². The van der Waals surface area contributed by atoms with Gasteiger partial charge in [-0.1, -0.05) is 107 Å². The van der Waals surface area contributed by atoms with E-state index in [9.17, 15) is 10.2 Å². The van der Waals surface area contributed by atoms with Crippen molar-refractivity contribution in [2.45, 2.75) is 96.8 Å². The van der Waals surface area contributed by atoms with Gasteiger partial charge in [-0.15, -0.1) is 0 Å². The second-order valence-corrected chi connectivity index (χ2v) is 9.55. The van der Waals surface area contributed by atoms with Crippen molar-refractivity contribution >= 4 is 28.9 Å². The molecular formula is C27H39Cl2NO3. The van der Waals surface area contributed by atoms with Crippen LogP contribution in [0.4, 0.5) is 5.69 Å². The standard InChI is InChI=1S/C27H39Cl2NO3/c1-2-3-4-5-6-7-8-9-10-11-12-13-14-15-22-23(28)26(32)24(29)27(25(22)31)33-21-18-16-20(30)17-19-21/h16-19,31-32H,2-15,30H2,1H3. The highest BCUT2D eigenvalue weighted by atomic mass is 35.5. The number of benzene rings is 2. The first-order valence-corrected chi connectivity index (χ1v) is 13.2. The van der Waals surface area contributed by atoms with Crippen LogP contribution in [0.2, 0.25) is 10.0 Å². The maximum Gasteiger partial charge on any atom is 0.191 e. The van der Waals surface area contributed by atoms with E-state index in [0.717, 1.165) is 19.3 Å². The highest BCUT2D eigenvalue weighted by molar-refractivity contribution is 6.39. The van der Waals surface area contributed by atoms with Gasteiger partial charge in [-0.05, 0) is 37.1 Å². The van der Waals surface area contributed by atoms with Gasteiger partial charge in [0.2, 0.25) is 0 Å². The monoisotopic (exact) mass is 495 g/mol. The molecule has 0 saturated carbocycles. The number of nitrogen functional groups attached to an aromatic ring is 1. The maximum atomic E-state index is 10.8. The fourth-order valence-corrected chi connectivity index (χ4v) is 4.54. The molecule has 0 radical (unpaired) electrons. The van der Waals surface area contributed by atoms with Crippen LogP contribution < -0.4 is 10.5 Å². The van der Waals surface area contributed by atoms with Crippen LogP contribution in [-0.2, 0) is 6.42 Å². The van der Waals surface area contributed by atoms with Crippen LogP contribution in [0.15, 0.2) is 24.3 Å². The molecule has 2 aromatic carbocycles. The summed E-state index contributed by atoms with van der Waals surface area (Å²) in [5.74, 6) is 0.0629. The summed E-state index contributed by atoms with van der Waals surface area (Å²) in [6.45, 7) is 2.26. The minimum absolute atomic E-state index is 0.00744. The zero-order valence-electron chi connectivity index (χ0n) is 19.8. The van der Waals surface area contributed by atoms with E-state index in [1.165, 1.54) is 64.2 Å². The van der Waals surface area contributed by atoms with E-state index >= 15 is 0 Å². The molecule has 0 aliphatic rings. The Balaban J connectivity index is 1.75. The number of hydrogen-bond donors (Lipinski definition) is 3. The summed E-state index contributed by atoms with van der Waals surface area (Å²) in [6, 6.07) is 6.71. The van der Waals surface area contributed by atoms with Gasteiger partial charge in [0.25, 0.3) is 0 Å². The number of ether oxygens (including phenoxy) is 1. The van der Waals surface area contributed by atoms with Gasteiger partial charge in [0, 0.05) is 11.3 Å². The van der Waals surface area contributed by atoms with Gasteiger partial charge in [0.1, 0.15) is 10.8 Å². The summed E-state index contributed by atoms with van der Waals surface area (Å²) in [4.78, 5) is 0. The van der Waals surface area contributed by atoms with Crippen molar-refractivity contribution in [1.29, 1.82) is 0 Å².